The summed E-state index contributed by atoms with van der Waals surface area (Å²) in [5.74, 6) is -0.735. The van der Waals surface area contributed by atoms with Gasteiger partial charge in [0.15, 0.2) is 0 Å². The van der Waals surface area contributed by atoms with E-state index in [1.807, 2.05) is 14.0 Å². The third kappa shape index (κ3) is 4.35. The van der Waals surface area contributed by atoms with Gasteiger partial charge in [-0.05, 0) is 63.4 Å². The summed E-state index contributed by atoms with van der Waals surface area (Å²) in [4.78, 5) is 12.8. The molecular formula is C16H25NO2. The molecular weight excluding hydrogens is 238 g/mol. The predicted octanol–water partition coefficient (Wildman–Crippen LogP) is 2.95. The molecule has 19 heavy (non-hydrogen) atoms. The lowest BCUT2D eigenvalue weighted by Crippen LogP contribution is -2.32. The van der Waals surface area contributed by atoms with Crippen LogP contribution in [0.25, 0.3) is 0 Å². The lowest BCUT2D eigenvalue weighted by Gasteiger charge is -2.24. The Labute approximate surface area is 116 Å². The van der Waals surface area contributed by atoms with Gasteiger partial charge in [0.05, 0.1) is 6.42 Å². The van der Waals surface area contributed by atoms with Crippen LogP contribution in [0.5, 0.6) is 0 Å². The molecule has 0 bridgehead atoms. The van der Waals surface area contributed by atoms with Crippen molar-refractivity contribution >= 4 is 5.97 Å². The average Bonchev–Trinajstić information content (AvgIpc) is 2.34. The van der Waals surface area contributed by atoms with E-state index in [2.05, 4.69) is 37.8 Å². The Morgan fingerprint density at radius 2 is 1.89 bits per heavy atom. The van der Waals surface area contributed by atoms with Gasteiger partial charge in [0.2, 0.25) is 0 Å². The van der Waals surface area contributed by atoms with Crippen LogP contribution in [0, 0.1) is 20.8 Å². The standard InChI is InChI=1S/C16H25NO2/c1-11-6-7-15(14(4)13(11)3)8-9-17(5)12(2)10-16(18)19/h6-7,12H,8-10H2,1-5H3,(H,18,19). The summed E-state index contributed by atoms with van der Waals surface area (Å²) in [5, 5.41) is 8.80. The second kappa shape index (κ2) is 6.71. The van der Waals surface area contributed by atoms with Crippen LogP contribution in [0.15, 0.2) is 12.1 Å². The van der Waals surface area contributed by atoms with Crippen molar-refractivity contribution in [3.8, 4) is 0 Å². The fraction of sp³-hybridized carbons (Fsp3) is 0.562. The van der Waals surface area contributed by atoms with E-state index in [1.165, 1.54) is 22.3 Å². The first kappa shape index (κ1) is 15.7. The van der Waals surface area contributed by atoms with Crippen molar-refractivity contribution in [2.75, 3.05) is 13.6 Å². The molecule has 106 valence electrons. The molecule has 1 rings (SSSR count). The normalized spacial score (nSPS) is 12.7. The topological polar surface area (TPSA) is 40.5 Å². The Balaban J connectivity index is 2.62. The second-order valence-electron chi connectivity index (χ2n) is 5.47. The first-order chi connectivity index (χ1) is 8.82. The van der Waals surface area contributed by atoms with E-state index in [0.717, 1.165) is 13.0 Å². The minimum atomic E-state index is -0.735. The van der Waals surface area contributed by atoms with Gasteiger partial charge in [-0.1, -0.05) is 12.1 Å². The molecule has 1 unspecified atom stereocenters. The van der Waals surface area contributed by atoms with Gasteiger partial charge in [-0.15, -0.1) is 0 Å². The summed E-state index contributed by atoms with van der Waals surface area (Å²) in [5.41, 5.74) is 5.41. The van der Waals surface area contributed by atoms with Crippen LogP contribution in [-0.2, 0) is 11.2 Å². The first-order valence-electron chi connectivity index (χ1n) is 6.80. The van der Waals surface area contributed by atoms with E-state index in [-0.39, 0.29) is 12.5 Å². The number of hydrogen-bond donors (Lipinski definition) is 1. The molecule has 0 saturated heterocycles. The highest BCUT2D eigenvalue weighted by Crippen LogP contribution is 2.18. The van der Waals surface area contributed by atoms with E-state index < -0.39 is 5.97 Å². The van der Waals surface area contributed by atoms with Crippen molar-refractivity contribution in [2.45, 2.75) is 46.6 Å². The summed E-state index contributed by atoms with van der Waals surface area (Å²) in [6, 6.07) is 4.43. The number of benzene rings is 1. The van der Waals surface area contributed by atoms with Crippen LogP contribution in [-0.4, -0.2) is 35.6 Å². The number of likely N-dealkylation sites (N-methyl/N-ethyl adjacent to an activating group) is 1. The first-order valence-corrected chi connectivity index (χ1v) is 6.80. The number of aliphatic carboxylic acids is 1. The van der Waals surface area contributed by atoms with Crippen molar-refractivity contribution in [3.05, 3.63) is 34.4 Å². The molecule has 0 aromatic heterocycles. The van der Waals surface area contributed by atoms with E-state index >= 15 is 0 Å². The van der Waals surface area contributed by atoms with E-state index in [9.17, 15) is 4.79 Å². The molecule has 0 heterocycles. The fourth-order valence-electron chi connectivity index (χ4n) is 2.21. The lowest BCUT2D eigenvalue weighted by molar-refractivity contribution is -0.138. The van der Waals surface area contributed by atoms with Crippen molar-refractivity contribution in [3.63, 3.8) is 0 Å². The highest BCUT2D eigenvalue weighted by molar-refractivity contribution is 5.67. The third-order valence-electron chi connectivity index (χ3n) is 4.13. The van der Waals surface area contributed by atoms with Gasteiger partial charge < -0.3 is 10.0 Å². The second-order valence-corrected chi connectivity index (χ2v) is 5.47. The monoisotopic (exact) mass is 263 g/mol. The lowest BCUT2D eigenvalue weighted by atomic mass is 9.97. The molecule has 0 radical (unpaired) electrons. The number of carboxylic acid groups (broad SMARTS) is 1. The minimum absolute atomic E-state index is 0.0735. The van der Waals surface area contributed by atoms with Crippen LogP contribution in [0.1, 0.15) is 35.6 Å². The fourth-order valence-corrected chi connectivity index (χ4v) is 2.21. The maximum atomic E-state index is 10.7. The molecule has 0 amide bonds. The molecule has 3 nitrogen and oxygen atoms in total. The summed E-state index contributed by atoms with van der Waals surface area (Å²) < 4.78 is 0. The molecule has 0 spiro atoms. The number of nitrogens with zero attached hydrogens (tertiary/aromatic N) is 1. The van der Waals surface area contributed by atoms with Crippen LogP contribution >= 0.6 is 0 Å². The largest absolute Gasteiger partial charge is 0.481 e. The molecule has 3 heteroatoms. The van der Waals surface area contributed by atoms with Gasteiger partial charge in [0, 0.05) is 12.6 Å². The minimum Gasteiger partial charge on any atom is -0.481 e. The van der Waals surface area contributed by atoms with Gasteiger partial charge in [-0.2, -0.15) is 0 Å². The van der Waals surface area contributed by atoms with Crippen molar-refractivity contribution in [1.29, 1.82) is 0 Å². The Morgan fingerprint density at radius 1 is 1.26 bits per heavy atom. The molecule has 0 saturated carbocycles. The van der Waals surface area contributed by atoms with Crippen molar-refractivity contribution < 1.29 is 9.90 Å². The number of carbonyl (C=O) groups is 1. The molecule has 1 aromatic carbocycles. The van der Waals surface area contributed by atoms with Gasteiger partial charge in [0.1, 0.15) is 0 Å². The van der Waals surface area contributed by atoms with E-state index in [4.69, 9.17) is 5.11 Å². The van der Waals surface area contributed by atoms with Crippen LogP contribution in [0.2, 0.25) is 0 Å². The highest BCUT2D eigenvalue weighted by Gasteiger charge is 2.13. The SMILES string of the molecule is Cc1ccc(CCN(C)C(C)CC(=O)O)c(C)c1C. The van der Waals surface area contributed by atoms with Crippen molar-refractivity contribution in [2.24, 2.45) is 0 Å². The summed E-state index contributed by atoms with van der Waals surface area (Å²) in [6.45, 7) is 9.30. The van der Waals surface area contributed by atoms with Gasteiger partial charge >= 0.3 is 5.97 Å². The number of hydrogen-bond acceptors (Lipinski definition) is 2. The molecule has 0 aliphatic rings. The molecule has 1 aromatic rings. The molecule has 1 N–H and O–H groups in total. The summed E-state index contributed by atoms with van der Waals surface area (Å²) in [6.07, 6.45) is 1.16. The Morgan fingerprint density at radius 3 is 2.47 bits per heavy atom. The van der Waals surface area contributed by atoms with Crippen LogP contribution < -0.4 is 0 Å². The van der Waals surface area contributed by atoms with Gasteiger partial charge in [0.25, 0.3) is 0 Å². The zero-order valence-electron chi connectivity index (χ0n) is 12.7. The number of rotatable bonds is 6. The molecule has 0 aliphatic heterocycles. The zero-order chi connectivity index (χ0) is 14.6. The maximum absolute atomic E-state index is 10.7. The Kier molecular flexibility index (Phi) is 5.55. The number of aryl methyl sites for hydroxylation is 1. The predicted molar refractivity (Wildman–Crippen MR) is 78.7 cm³/mol. The quantitative estimate of drug-likeness (QED) is 0.858. The number of carboxylic acids is 1. The average molecular weight is 263 g/mol. The molecule has 0 fully saturated rings. The maximum Gasteiger partial charge on any atom is 0.304 e. The Bertz CT molecular complexity index is 454. The Hall–Kier alpha value is -1.35. The van der Waals surface area contributed by atoms with E-state index in [0.29, 0.717) is 0 Å². The smallest absolute Gasteiger partial charge is 0.304 e. The zero-order valence-corrected chi connectivity index (χ0v) is 12.7. The van der Waals surface area contributed by atoms with Crippen LogP contribution in [0.4, 0.5) is 0 Å². The highest BCUT2D eigenvalue weighted by atomic mass is 16.4. The van der Waals surface area contributed by atoms with Crippen molar-refractivity contribution in [1.82, 2.24) is 4.90 Å². The van der Waals surface area contributed by atoms with Gasteiger partial charge in [-0.25, -0.2) is 0 Å². The molecule has 0 aliphatic carbocycles. The molecule has 1 atom stereocenters. The van der Waals surface area contributed by atoms with Gasteiger partial charge in [-0.3, -0.25) is 4.79 Å². The van der Waals surface area contributed by atoms with Crippen LogP contribution in [0.3, 0.4) is 0 Å². The summed E-state index contributed by atoms with van der Waals surface area (Å²) in [7, 11) is 1.99. The summed E-state index contributed by atoms with van der Waals surface area (Å²) >= 11 is 0. The van der Waals surface area contributed by atoms with E-state index in [1.54, 1.807) is 0 Å². The third-order valence-corrected chi connectivity index (χ3v) is 4.13.